The number of piperazine rings is 1. The Morgan fingerprint density at radius 1 is 0.415 bits per heavy atom. The molecule has 1 aromatic rings. The van der Waals surface area contributed by atoms with Crippen molar-refractivity contribution in [1.82, 2.24) is 54.7 Å². The molecule has 3 N–H and O–H groups in total. The highest BCUT2D eigenvalue weighted by molar-refractivity contribution is 5.70. The van der Waals surface area contributed by atoms with Crippen molar-refractivity contribution in [2.75, 3.05) is 192 Å². The molecular formula is C96H199N11O16. The fraction of sp³-hybridized carbons (Fsp3) is 0.885. The topological polar surface area (TPSA) is 251 Å². The van der Waals surface area contributed by atoms with Gasteiger partial charge in [0.1, 0.15) is 28.0 Å². The first-order valence-corrected chi connectivity index (χ1v) is 43.5. The summed E-state index contributed by atoms with van der Waals surface area (Å²) >= 11 is 0. The lowest BCUT2D eigenvalue weighted by Crippen LogP contribution is -2.48. The number of aliphatic hydroxyl groups excluding tert-OH is 1. The van der Waals surface area contributed by atoms with E-state index in [0.717, 1.165) is 182 Å². The van der Waals surface area contributed by atoms with Crippen molar-refractivity contribution in [2.24, 2.45) is 5.92 Å². The number of likely N-dealkylation sites (N-methyl/N-ethyl adjacent to an activating group) is 3. The van der Waals surface area contributed by atoms with Crippen molar-refractivity contribution < 1.29 is 76.4 Å². The second-order valence-corrected chi connectivity index (χ2v) is 41.7. The summed E-state index contributed by atoms with van der Waals surface area (Å²) < 4.78 is 55.3. The minimum Gasteiger partial charge on any atom is -0.444 e. The molecule has 5 aliphatic rings. The van der Waals surface area contributed by atoms with E-state index >= 15 is 0 Å². The third-order valence-electron chi connectivity index (χ3n) is 18.2. The number of nitrogens with zero attached hydrogens (tertiary/aromatic N) is 9. The number of rotatable bonds is 23. The molecule has 3 unspecified atom stereocenters. The Kier molecular flexibility index (Phi) is 63.7. The monoisotopic (exact) mass is 1760 g/mol. The van der Waals surface area contributed by atoms with Crippen LogP contribution < -0.4 is 10.6 Å². The molecule has 123 heavy (non-hydrogen) atoms. The number of nitrogens with one attached hydrogen (secondary N) is 2. The summed E-state index contributed by atoms with van der Waals surface area (Å²) in [5, 5.41) is 15.8. The molecule has 0 bridgehead atoms. The summed E-state index contributed by atoms with van der Waals surface area (Å²) in [4.78, 5) is 78.1. The van der Waals surface area contributed by atoms with E-state index in [1.54, 1.807) is 9.80 Å². The summed E-state index contributed by atoms with van der Waals surface area (Å²) in [6.45, 7) is 81.7. The Morgan fingerprint density at radius 3 is 1.20 bits per heavy atom. The molecule has 1 aromatic carbocycles. The quantitative estimate of drug-likeness (QED) is 0.0861. The zero-order chi connectivity index (χ0) is 89.6. The number of hydrogen-bond acceptors (Lipinski definition) is 22. The van der Waals surface area contributed by atoms with Gasteiger partial charge in [0.05, 0.1) is 67.1 Å². The van der Waals surface area contributed by atoms with Crippen molar-refractivity contribution in [3.63, 3.8) is 0 Å². The molecule has 5 fully saturated rings. The normalized spacial score (nSPS) is 17.7. The molecule has 5 aliphatic heterocycles. The Bertz CT molecular complexity index is 2840. The standard InChI is InChI=1S/C18H36N2O3.2C16H32N2O3.C15H30N2O3.C15H25NO2.C10H20N2O2.6CH4/c1-17(2,3)22-14-13-20-11-8-15(9-12-20)7-10-19-16(21)23-18(4,5)6;1-15(2,3)20-11-10-18-9-8-13(12-18)17(7)14(19)21-16(4,5)6;1-15(2,3)20-13-12-17-8-7-9-18(11-10-17)14(19)21-16(4,5)6;1-14(2,3)19-10-9-17-8-7-12(11-17)16-13(18)20-15(4,5)6;1-15(2,3)18-11-10-16(4)12-14(17)13-8-6-5-7-9-13;1-10(2,3)14-9(13)12-7-5-11(4)6-8-12;;;;;;/h15H,7-14H2,1-6H3,(H,19,21);13H,8-12H2,1-7H3;7-13H2,1-6H3;12H,7-11H2,1-6H3,(H,16,18);5-9,14,17H,10-12H2,1-4H3;5-8H2,1-4H3;6*1H4. The molecule has 734 valence electrons. The fourth-order valence-electron chi connectivity index (χ4n) is 12.3. The number of alkyl carbamates (subject to hydrolysis) is 2. The number of carbonyl (C=O) groups is 5. The second-order valence-electron chi connectivity index (χ2n) is 41.7. The van der Waals surface area contributed by atoms with E-state index in [2.05, 4.69) is 130 Å². The molecule has 0 aromatic heterocycles. The number of hydrogen-bond donors (Lipinski definition) is 3. The number of piperidine rings is 1. The van der Waals surface area contributed by atoms with Crippen LogP contribution in [0.1, 0.15) is 302 Å². The minimum atomic E-state index is -0.442. The zero-order valence-corrected chi connectivity index (χ0v) is 80.4. The number of benzene rings is 1. The van der Waals surface area contributed by atoms with Crippen LogP contribution in [0.15, 0.2) is 30.3 Å². The van der Waals surface area contributed by atoms with E-state index in [-0.39, 0.29) is 121 Å². The second kappa shape index (κ2) is 60.8. The van der Waals surface area contributed by atoms with Crippen molar-refractivity contribution in [3.05, 3.63) is 35.9 Å². The van der Waals surface area contributed by atoms with E-state index in [0.29, 0.717) is 25.6 Å². The predicted molar refractivity (Wildman–Crippen MR) is 513 cm³/mol. The zero-order valence-electron chi connectivity index (χ0n) is 80.4. The molecule has 27 nitrogen and oxygen atoms in total. The fourth-order valence-corrected chi connectivity index (χ4v) is 12.3. The molecule has 5 heterocycles. The van der Waals surface area contributed by atoms with E-state index < -0.39 is 28.5 Å². The van der Waals surface area contributed by atoms with Gasteiger partial charge in [0.15, 0.2) is 0 Å². The van der Waals surface area contributed by atoms with E-state index in [1.807, 2.05) is 174 Å². The van der Waals surface area contributed by atoms with Gasteiger partial charge in [-0.15, -0.1) is 0 Å². The summed E-state index contributed by atoms with van der Waals surface area (Å²) in [6.07, 6.45) is 4.67. The Balaban J connectivity index is -0.000000332. The number of aliphatic hydroxyl groups is 1. The Labute approximate surface area is 756 Å². The number of amides is 5. The first-order chi connectivity index (χ1) is 53.4. The Hall–Kier alpha value is -4.91. The van der Waals surface area contributed by atoms with Crippen molar-refractivity contribution in [1.29, 1.82) is 0 Å². The van der Waals surface area contributed by atoms with Crippen LogP contribution in [0.4, 0.5) is 24.0 Å². The van der Waals surface area contributed by atoms with Gasteiger partial charge in [-0.25, -0.2) is 24.0 Å². The number of ether oxygens (including phenoxy) is 10. The lowest BCUT2D eigenvalue weighted by molar-refractivity contribution is -0.0164. The Morgan fingerprint density at radius 2 is 0.780 bits per heavy atom. The first-order valence-electron chi connectivity index (χ1n) is 43.5. The van der Waals surface area contributed by atoms with E-state index in [1.165, 1.54) is 12.8 Å². The summed E-state index contributed by atoms with van der Waals surface area (Å²) in [7, 11) is 5.89. The number of likely N-dealkylation sites (tertiary alicyclic amines) is 3. The van der Waals surface area contributed by atoms with Crippen molar-refractivity contribution in [2.45, 2.75) is 365 Å². The molecular weight excluding hydrogens is 1560 g/mol. The molecule has 5 saturated heterocycles. The van der Waals surface area contributed by atoms with Gasteiger partial charge in [-0.3, -0.25) is 14.7 Å². The maximum Gasteiger partial charge on any atom is 0.410 e. The lowest BCUT2D eigenvalue weighted by Gasteiger charge is -2.33. The van der Waals surface area contributed by atoms with Gasteiger partial charge in [0.2, 0.25) is 0 Å². The smallest absolute Gasteiger partial charge is 0.410 e. The molecule has 0 aliphatic carbocycles. The minimum absolute atomic E-state index is 0. The van der Waals surface area contributed by atoms with Gasteiger partial charge >= 0.3 is 30.5 Å². The van der Waals surface area contributed by atoms with Gasteiger partial charge < -0.3 is 92.5 Å². The summed E-state index contributed by atoms with van der Waals surface area (Å²) in [6, 6.07) is 10.2. The average molecular weight is 1760 g/mol. The van der Waals surface area contributed by atoms with Gasteiger partial charge in [0, 0.05) is 137 Å². The predicted octanol–water partition coefficient (Wildman–Crippen LogP) is 18.8. The molecule has 27 heteroatoms. The van der Waals surface area contributed by atoms with Crippen LogP contribution in [0, 0.1) is 5.92 Å². The van der Waals surface area contributed by atoms with Gasteiger partial charge in [-0.05, 0) is 291 Å². The third kappa shape index (κ3) is 72.7. The maximum atomic E-state index is 12.1. The molecule has 5 amide bonds. The largest absolute Gasteiger partial charge is 0.444 e. The van der Waals surface area contributed by atoms with Crippen LogP contribution in [0.3, 0.4) is 0 Å². The highest BCUT2D eigenvalue weighted by Crippen LogP contribution is 2.24. The van der Waals surface area contributed by atoms with E-state index in [9.17, 15) is 29.1 Å². The summed E-state index contributed by atoms with van der Waals surface area (Å²) in [5.74, 6) is 0.699. The van der Waals surface area contributed by atoms with Crippen LogP contribution in [0.2, 0.25) is 0 Å². The summed E-state index contributed by atoms with van der Waals surface area (Å²) in [5.41, 5.74) is -1.58. The third-order valence-corrected chi connectivity index (χ3v) is 18.2. The van der Waals surface area contributed by atoms with Crippen LogP contribution in [0.5, 0.6) is 0 Å². The van der Waals surface area contributed by atoms with Gasteiger partial charge in [-0.1, -0.05) is 74.9 Å². The van der Waals surface area contributed by atoms with Gasteiger partial charge in [-0.2, -0.15) is 0 Å². The molecule has 0 radical (unpaired) electrons. The van der Waals surface area contributed by atoms with Gasteiger partial charge in [0.25, 0.3) is 0 Å². The molecule has 6 rings (SSSR count). The molecule has 3 atom stereocenters. The highest BCUT2D eigenvalue weighted by Gasteiger charge is 2.33. The van der Waals surface area contributed by atoms with Crippen LogP contribution in [0.25, 0.3) is 0 Å². The molecule has 0 saturated carbocycles. The maximum absolute atomic E-state index is 12.1. The lowest BCUT2D eigenvalue weighted by atomic mass is 9.93. The van der Waals surface area contributed by atoms with E-state index in [4.69, 9.17) is 47.4 Å². The van der Waals surface area contributed by atoms with Crippen molar-refractivity contribution >= 4 is 30.5 Å². The average Bonchev–Trinajstić information content (AvgIpc) is 1.74. The highest BCUT2D eigenvalue weighted by atomic mass is 16.6. The van der Waals surface area contributed by atoms with Crippen LogP contribution >= 0.6 is 0 Å². The first kappa shape index (κ1) is 129. The van der Waals surface area contributed by atoms with Crippen molar-refractivity contribution in [3.8, 4) is 0 Å². The van der Waals surface area contributed by atoms with Crippen LogP contribution in [-0.4, -0.2) is 339 Å². The van der Waals surface area contributed by atoms with Crippen LogP contribution in [-0.2, 0) is 47.4 Å². The number of carbonyl (C=O) groups excluding carboxylic acids is 5. The SMILES string of the molecule is C.C.C.C.C.C.CC(C)(C)OCCN1CCC(CCNC(=O)OC(C)(C)C)CC1.CC(C)(C)OCCN1CCC(NC(=O)OC(C)(C)C)C1.CC(C)(C)OCCN1CCCN(C(=O)OC(C)(C)C)CC1.CN(C(=O)OC(C)(C)C)C1CCN(CCOC(C)(C)C)C1.CN(CCOC(C)(C)C)CC(O)c1ccccc1.CN1CCN(C(=O)OC(C)(C)C)CC1. The molecule has 0 spiro atoms.